The zero-order valence-corrected chi connectivity index (χ0v) is 14.9. The molecule has 0 radical (unpaired) electrons. The Hall–Kier alpha value is -3.00. The molecule has 1 N–H and O–H groups in total. The van der Waals surface area contributed by atoms with Gasteiger partial charge in [0.25, 0.3) is 11.4 Å². The van der Waals surface area contributed by atoms with Gasteiger partial charge in [-0.25, -0.2) is 9.19 Å². The Balaban J connectivity index is 2.16. The van der Waals surface area contributed by atoms with Gasteiger partial charge < -0.3 is 4.98 Å². The molecule has 0 saturated heterocycles. The SMILES string of the molecule is O=[N+]([O-])c1cc(S(=O)C(F)(F)F)cc([N+](=O)[O-])c1Sc1nc2ccccc2[nH]1. The average Bonchev–Trinajstić information content (AvgIpc) is 3.02. The normalized spacial score (nSPS) is 12.8. The zero-order chi connectivity index (χ0) is 20.6. The molecule has 14 heteroatoms. The van der Waals surface area contributed by atoms with Crippen molar-refractivity contribution < 1.29 is 27.2 Å². The number of hydrogen-bond donors (Lipinski definition) is 1. The van der Waals surface area contributed by atoms with Crippen molar-refractivity contribution in [3.05, 3.63) is 56.6 Å². The number of H-pyrrole nitrogens is 1. The van der Waals surface area contributed by atoms with Crippen LogP contribution in [0.2, 0.25) is 0 Å². The van der Waals surface area contributed by atoms with E-state index in [0.29, 0.717) is 34.9 Å². The first kappa shape index (κ1) is 19.8. The van der Waals surface area contributed by atoms with Crippen LogP contribution in [-0.4, -0.2) is 29.5 Å². The maximum Gasteiger partial charge on any atom is 0.475 e. The molecule has 0 bridgehead atoms. The van der Waals surface area contributed by atoms with Gasteiger partial charge in [-0.3, -0.25) is 20.2 Å². The predicted molar refractivity (Wildman–Crippen MR) is 92.4 cm³/mol. The molecule has 0 amide bonds. The van der Waals surface area contributed by atoms with E-state index in [-0.39, 0.29) is 5.16 Å². The van der Waals surface area contributed by atoms with Crippen LogP contribution in [0.25, 0.3) is 11.0 Å². The van der Waals surface area contributed by atoms with E-state index in [1.165, 1.54) is 0 Å². The summed E-state index contributed by atoms with van der Waals surface area (Å²) >= 11 is 0.521. The quantitative estimate of drug-likeness (QED) is 0.473. The number of hydrogen-bond acceptors (Lipinski definition) is 7. The topological polar surface area (TPSA) is 132 Å². The molecule has 0 spiro atoms. The molecule has 1 aromatic heterocycles. The third kappa shape index (κ3) is 3.82. The maximum atomic E-state index is 12.7. The summed E-state index contributed by atoms with van der Waals surface area (Å²) in [4.78, 5) is 25.9. The summed E-state index contributed by atoms with van der Waals surface area (Å²) in [6.45, 7) is 0. The van der Waals surface area contributed by atoms with Crippen molar-refractivity contribution >= 4 is 45.0 Å². The van der Waals surface area contributed by atoms with Crippen LogP contribution in [0.4, 0.5) is 24.5 Å². The number of nitro benzene ring substituents is 2. The van der Waals surface area contributed by atoms with E-state index in [2.05, 4.69) is 9.97 Å². The van der Waals surface area contributed by atoms with Crippen molar-refractivity contribution in [1.82, 2.24) is 9.97 Å². The maximum absolute atomic E-state index is 12.7. The lowest BCUT2D eigenvalue weighted by Crippen LogP contribution is -2.16. The van der Waals surface area contributed by atoms with Gasteiger partial charge in [-0.2, -0.15) is 13.2 Å². The highest BCUT2D eigenvalue weighted by molar-refractivity contribution is 7.99. The third-order valence-electron chi connectivity index (χ3n) is 3.41. The van der Waals surface area contributed by atoms with Crippen LogP contribution in [0, 0.1) is 20.2 Å². The number of halogens is 3. The first-order valence-electron chi connectivity index (χ1n) is 7.16. The number of nitro groups is 2. The van der Waals surface area contributed by atoms with Crippen molar-refractivity contribution in [3.8, 4) is 0 Å². The molecule has 146 valence electrons. The molecule has 0 saturated carbocycles. The largest absolute Gasteiger partial charge is 0.475 e. The smallest absolute Gasteiger partial charge is 0.333 e. The summed E-state index contributed by atoms with van der Waals surface area (Å²) in [5, 5.41) is 22.8. The van der Waals surface area contributed by atoms with Gasteiger partial charge in [0.1, 0.15) is 0 Å². The summed E-state index contributed by atoms with van der Waals surface area (Å²) in [7, 11) is -3.66. The molecular formula is C14H7F3N4O5S2. The molecule has 3 aromatic rings. The summed E-state index contributed by atoms with van der Waals surface area (Å²) in [5.74, 6) is 0. The van der Waals surface area contributed by atoms with Gasteiger partial charge in [0.15, 0.2) is 20.9 Å². The fourth-order valence-electron chi connectivity index (χ4n) is 2.26. The number of aromatic nitrogens is 2. The molecule has 1 unspecified atom stereocenters. The van der Waals surface area contributed by atoms with Crippen LogP contribution in [0.5, 0.6) is 0 Å². The number of rotatable bonds is 5. The number of fused-ring (bicyclic) bond motifs is 1. The summed E-state index contributed by atoms with van der Waals surface area (Å²) < 4.78 is 49.6. The lowest BCUT2D eigenvalue weighted by Gasteiger charge is -2.08. The molecular weight excluding hydrogens is 425 g/mol. The molecule has 1 heterocycles. The molecule has 9 nitrogen and oxygen atoms in total. The Labute approximate surface area is 159 Å². The zero-order valence-electron chi connectivity index (χ0n) is 13.3. The molecule has 2 aromatic carbocycles. The van der Waals surface area contributed by atoms with Crippen LogP contribution >= 0.6 is 11.8 Å². The van der Waals surface area contributed by atoms with Gasteiger partial charge in [0, 0.05) is 12.1 Å². The summed E-state index contributed by atoms with van der Waals surface area (Å²) in [6.07, 6.45) is 0. The van der Waals surface area contributed by atoms with Crippen LogP contribution in [0.3, 0.4) is 0 Å². The van der Waals surface area contributed by atoms with E-state index in [1.807, 2.05) is 0 Å². The van der Waals surface area contributed by atoms with E-state index in [9.17, 15) is 37.6 Å². The molecule has 3 rings (SSSR count). The van der Waals surface area contributed by atoms with Gasteiger partial charge in [-0.05, 0) is 23.9 Å². The van der Waals surface area contributed by atoms with Gasteiger partial charge >= 0.3 is 5.51 Å². The first-order valence-corrected chi connectivity index (χ1v) is 9.12. The van der Waals surface area contributed by atoms with E-state index in [0.717, 1.165) is 0 Å². The fraction of sp³-hybridized carbons (Fsp3) is 0.0714. The van der Waals surface area contributed by atoms with Crippen LogP contribution in [0.15, 0.2) is 51.3 Å². The van der Waals surface area contributed by atoms with E-state index >= 15 is 0 Å². The van der Waals surface area contributed by atoms with Crippen molar-refractivity contribution in [2.24, 2.45) is 0 Å². The van der Waals surface area contributed by atoms with E-state index < -0.39 is 47.3 Å². The number of nitrogens with zero attached hydrogens (tertiary/aromatic N) is 3. The number of imidazole rings is 1. The number of aromatic amines is 1. The van der Waals surface area contributed by atoms with Crippen LogP contribution in [-0.2, 0) is 10.8 Å². The highest BCUT2D eigenvalue weighted by Crippen LogP contribution is 2.43. The van der Waals surface area contributed by atoms with Crippen molar-refractivity contribution in [1.29, 1.82) is 0 Å². The number of para-hydroxylation sites is 2. The highest BCUT2D eigenvalue weighted by Gasteiger charge is 2.41. The number of nitrogens with one attached hydrogen (secondary N) is 1. The van der Waals surface area contributed by atoms with Gasteiger partial charge in [-0.1, -0.05) is 12.1 Å². The monoisotopic (exact) mass is 432 g/mol. The predicted octanol–water partition coefficient (Wildman–Crippen LogP) is 4.16. The molecule has 0 aliphatic heterocycles. The molecule has 0 fully saturated rings. The second-order valence-electron chi connectivity index (χ2n) is 5.18. The highest BCUT2D eigenvalue weighted by atomic mass is 32.2. The van der Waals surface area contributed by atoms with Crippen molar-refractivity contribution in [2.75, 3.05) is 0 Å². The number of benzene rings is 2. The first-order chi connectivity index (χ1) is 13.1. The molecule has 0 aliphatic carbocycles. The lowest BCUT2D eigenvalue weighted by atomic mass is 10.3. The third-order valence-corrected chi connectivity index (χ3v) is 5.50. The molecule has 0 aliphatic rings. The van der Waals surface area contributed by atoms with Gasteiger partial charge in [0.2, 0.25) is 0 Å². The van der Waals surface area contributed by atoms with Crippen molar-refractivity contribution in [3.63, 3.8) is 0 Å². The minimum atomic E-state index is -5.23. The Kier molecular flexibility index (Phi) is 5.08. The Bertz CT molecular complexity index is 1060. The van der Waals surface area contributed by atoms with Crippen LogP contribution < -0.4 is 0 Å². The Morgan fingerprint density at radius 3 is 2.14 bits per heavy atom. The van der Waals surface area contributed by atoms with Gasteiger partial charge in [0.05, 0.1) is 25.8 Å². The van der Waals surface area contributed by atoms with Crippen LogP contribution in [0.1, 0.15) is 0 Å². The average molecular weight is 432 g/mol. The van der Waals surface area contributed by atoms with Crippen molar-refractivity contribution in [2.45, 2.75) is 20.5 Å². The fourth-order valence-corrected chi connectivity index (χ4v) is 3.94. The van der Waals surface area contributed by atoms with Gasteiger partial charge in [-0.15, -0.1) is 0 Å². The standard InChI is InChI=1S/C14H7F3N4O5S2/c15-14(16,17)28(26)7-5-10(20(22)23)12(11(6-7)21(24)25)27-13-18-8-3-1-2-4-9(8)19-13/h1-6H,(H,18,19). The Morgan fingerprint density at radius 2 is 1.64 bits per heavy atom. The van der Waals surface area contributed by atoms with E-state index in [4.69, 9.17) is 0 Å². The second kappa shape index (κ2) is 7.20. The minimum absolute atomic E-state index is 0.0668. The minimum Gasteiger partial charge on any atom is -0.333 e. The number of alkyl halides is 3. The lowest BCUT2D eigenvalue weighted by molar-refractivity contribution is -0.400. The summed E-state index contributed by atoms with van der Waals surface area (Å²) in [5.41, 5.74) is -6.13. The Morgan fingerprint density at radius 1 is 1.07 bits per heavy atom. The summed E-state index contributed by atoms with van der Waals surface area (Å²) in [6, 6.07) is 7.51. The van der Waals surface area contributed by atoms with E-state index in [1.54, 1.807) is 24.3 Å². The molecule has 1 atom stereocenters. The second-order valence-corrected chi connectivity index (χ2v) is 7.65. The molecule has 28 heavy (non-hydrogen) atoms.